The van der Waals surface area contributed by atoms with Crippen molar-refractivity contribution >= 4 is 31.5 Å². The van der Waals surface area contributed by atoms with Crippen LogP contribution in [0.4, 0.5) is 37.7 Å². The van der Waals surface area contributed by atoms with E-state index in [0.29, 0.717) is 31.0 Å². The molecule has 0 fully saturated rings. The quantitative estimate of drug-likeness (QED) is 0.272. The number of nitrogens with zero attached hydrogens (tertiary/aromatic N) is 2. The Bertz CT molecular complexity index is 1310. The Labute approximate surface area is 204 Å². The molecule has 0 saturated heterocycles. The normalized spacial score (nSPS) is 19.0. The SMILES string of the molecule is CCCCC1CN(c2ccccc2)c2cc(C(F)(F)F)c(OS(=O)(=O)C(F)(F)F)cc2S(=O)(=O)N1C. The van der Waals surface area contributed by atoms with E-state index in [9.17, 15) is 43.2 Å². The second-order valence-corrected chi connectivity index (χ2v) is 11.6. The Balaban J connectivity index is 2.35. The van der Waals surface area contributed by atoms with Gasteiger partial charge in [0.25, 0.3) is 0 Å². The van der Waals surface area contributed by atoms with Gasteiger partial charge in [-0.1, -0.05) is 38.0 Å². The first kappa shape index (κ1) is 28.1. The van der Waals surface area contributed by atoms with Gasteiger partial charge in [0.2, 0.25) is 10.0 Å². The molecule has 0 spiro atoms. The fraction of sp³-hybridized carbons (Fsp3) is 0.429. The van der Waals surface area contributed by atoms with Gasteiger partial charge in [-0.2, -0.15) is 39.1 Å². The van der Waals surface area contributed by atoms with Crippen molar-refractivity contribution in [1.29, 1.82) is 0 Å². The largest absolute Gasteiger partial charge is 0.534 e. The van der Waals surface area contributed by atoms with E-state index in [0.717, 1.165) is 4.31 Å². The van der Waals surface area contributed by atoms with E-state index in [2.05, 4.69) is 4.18 Å². The minimum absolute atomic E-state index is 0.0644. The maximum Gasteiger partial charge on any atom is 0.534 e. The molecule has 36 heavy (non-hydrogen) atoms. The van der Waals surface area contributed by atoms with Gasteiger partial charge in [-0.05, 0) is 24.6 Å². The summed E-state index contributed by atoms with van der Waals surface area (Å²) in [5.41, 5.74) is -8.06. The van der Waals surface area contributed by atoms with Crippen molar-refractivity contribution in [2.75, 3.05) is 18.5 Å². The molecule has 0 N–H and O–H groups in total. The van der Waals surface area contributed by atoms with Crippen LogP contribution in [0, 0.1) is 0 Å². The molecule has 2 aromatic rings. The monoisotopic (exact) mass is 560 g/mol. The van der Waals surface area contributed by atoms with Gasteiger partial charge in [0.1, 0.15) is 10.5 Å². The van der Waals surface area contributed by atoms with E-state index in [4.69, 9.17) is 0 Å². The fourth-order valence-corrected chi connectivity index (χ4v) is 5.80. The number of hydrogen-bond donors (Lipinski definition) is 0. The summed E-state index contributed by atoms with van der Waals surface area (Å²) in [6.45, 7) is 1.81. The van der Waals surface area contributed by atoms with Gasteiger partial charge in [-0.25, -0.2) is 8.42 Å². The van der Waals surface area contributed by atoms with E-state index in [-0.39, 0.29) is 12.6 Å². The number of unbranched alkanes of at least 4 members (excludes halogenated alkanes) is 1. The first-order valence-corrected chi connectivity index (χ1v) is 13.4. The summed E-state index contributed by atoms with van der Waals surface area (Å²) in [4.78, 5) is 0.488. The van der Waals surface area contributed by atoms with Gasteiger partial charge in [-0.15, -0.1) is 0 Å². The molecule has 1 atom stereocenters. The molecule has 1 aliphatic rings. The average molecular weight is 561 g/mol. The molecule has 2 aromatic carbocycles. The standard InChI is InChI=1S/C21H22F6N2O5S2/c1-3-4-8-15-13-29(14-9-6-5-7-10-14)17-11-16(20(22,23)24)18(34-36(32,33)21(25,26)27)12-19(17)35(30,31)28(15)2/h5-7,9-12,15H,3-4,8,13H2,1-2H3. The third kappa shape index (κ3) is 5.42. The van der Waals surface area contributed by atoms with Crippen molar-refractivity contribution < 1.29 is 47.4 Å². The fourth-order valence-electron chi connectivity index (χ4n) is 3.76. The number of likely N-dealkylation sites (N-methyl/N-ethyl adjacent to an activating group) is 1. The summed E-state index contributed by atoms with van der Waals surface area (Å²) in [5.74, 6) is -1.80. The van der Waals surface area contributed by atoms with Crippen molar-refractivity contribution in [3.63, 3.8) is 0 Å². The second kappa shape index (κ2) is 9.74. The van der Waals surface area contributed by atoms with Crippen LogP contribution in [0.5, 0.6) is 5.75 Å². The summed E-state index contributed by atoms with van der Waals surface area (Å²) in [7, 11) is -9.91. The van der Waals surface area contributed by atoms with Crippen LogP contribution in [0.3, 0.4) is 0 Å². The second-order valence-electron chi connectivity index (χ2n) is 8.06. The van der Waals surface area contributed by atoms with Crippen LogP contribution < -0.4 is 9.08 Å². The van der Waals surface area contributed by atoms with E-state index >= 15 is 0 Å². The molecule has 7 nitrogen and oxygen atoms in total. The molecule has 3 rings (SSSR count). The third-order valence-electron chi connectivity index (χ3n) is 5.66. The molecular weight excluding hydrogens is 538 g/mol. The lowest BCUT2D eigenvalue weighted by Gasteiger charge is -2.29. The Morgan fingerprint density at radius 1 is 1.06 bits per heavy atom. The van der Waals surface area contributed by atoms with Crippen molar-refractivity contribution in [3.8, 4) is 5.75 Å². The average Bonchev–Trinajstić information content (AvgIpc) is 2.84. The minimum atomic E-state index is -6.53. The zero-order chi connectivity index (χ0) is 27.1. The van der Waals surface area contributed by atoms with Gasteiger partial charge >= 0.3 is 21.8 Å². The predicted molar refractivity (Wildman–Crippen MR) is 119 cm³/mol. The summed E-state index contributed by atoms with van der Waals surface area (Å²) >= 11 is 0. The van der Waals surface area contributed by atoms with Crippen LogP contribution in [-0.4, -0.2) is 46.3 Å². The van der Waals surface area contributed by atoms with Gasteiger partial charge in [-0.3, -0.25) is 0 Å². The zero-order valence-corrected chi connectivity index (χ0v) is 20.6. The van der Waals surface area contributed by atoms with Crippen molar-refractivity contribution in [1.82, 2.24) is 4.31 Å². The molecule has 1 aliphatic heterocycles. The summed E-state index contributed by atoms with van der Waals surface area (Å²) in [6, 6.07) is 7.64. The molecule has 0 amide bonds. The van der Waals surface area contributed by atoms with Crippen LogP contribution in [0.25, 0.3) is 0 Å². The first-order valence-electron chi connectivity index (χ1n) is 10.6. The smallest absolute Gasteiger partial charge is 0.375 e. The highest BCUT2D eigenvalue weighted by Crippen LogP contribution is 2.46. The molecule has 0 radical (unpaired) electrons. The number of fused-ring (bicyclic) bond motifs is 1. The summed E-state index contributed by atoms with van der Waals surface area (Å²) in [6.07, 6.45) is -3.73. The number of rotatable bonds is 6. The minimum Gasteiger partial charge on any atom is -0.375 e. The van der Waals surface area contributed by atoms with Crippen LogP contribution in [-0.2, 0) is 26.3 Å². The van der Waals surface area contributed by atoms with Crippen LogP contribution in [0.1, 0.15) is 31.7 Å². The number of sulfonamides is 1. The molecular formula is C21H22F6N2O5S2. The van der Waals surface area contributed by atoms with E-state index in [1.807, 2.05) is 6.92 Å². The van der Waals surface area contributed by atoms with Gasteiger partial charge < -0.3 is 9.08 Å². The molecule has 0 aromatic heterocycles. The van der Waals surface area contributed by atoms with Gasteiger partial charge in [0, 0.05) is 31.4 Å². The number of hydrogen-bond acceptors (Lipinski definition) is 6. The Hall–Kier alpha value is -2.52. The number of halogens is 6. The lowest BCUT2D eigenvalue weighted by molar-refractivity contribution is -0.138. The highest BCUT2D eigenvalue weighted by Gasteiger charge is 2.50. The molecule has 0 saturated carbocycles. The highest BCUT2D eigenvalue weighted by molar-refractivity contribution is 7.89. The number of para-hydroxylation sites is 1. The number of alkyl halides is 6. The molecule has 200 valence electrons. The van der Waals surface area contributed by atoms with E-state index in [1.54, 1.807) is 18.2 Å². The van der Waals surface area contributed by atoms with Crippen molar-refractivity contribution in [2.24, 2.45) is 0 Å². The summed E-state index contributed by atoms with van der Waals surface area (Å²) < 4.78 is 135. The number of benzene rings is 2. The van der Waals surface area contributed by atoms with E-state index in [1.165, 1.54) is 24.1 Å². The van der Waals surface area contributed by atoms with Crippen LogP contribution in [0.15, 0.2) is 47.4 Å². The Kier molecular flexibility index (Phi) is 7.59. The Morgan fingerprint density at radius 3 is 2.19 bits per heavy atom. The molecule has 0 bridgehead atoms. The molecule has 1 heterocycles. The maximum atomic E-state index is 13.9. The third-order valence-corrected chi connectivity index (χ3v) is 8.57. The topological polar surface area (TPSA) is 84.0 Å². The van der Waals surface area contributed by atoms with Gasteiger partial charge in [0.15, 0.2) is 5.75 Å². The molecule has 0 aliphatic carbocycles. The zero-order valence-electron chi connectivity index (χ0n) is 19.0. The lowest BCUT2D eigenvalue weighted by Crippen LogP contribution is -2.40. The van der Waals surface area contributed by atoms with Crippen molar-refractivity contribution in [3.05, 3.63) is 48.0 Å². The predicted octanol–water partition coefficient (Wildman–Crippen LogP) is 5.26. The Morgan fingerprint density at radius 2 is 1.67 bits per heavy atom. The molecule has 15 heteroatoms. The van der Waals surface area contributed by atoms with E-state index < -0.39 is 59.8 Å². The van der Waals surface area contributed by atoms with Crippen LogP contribution >= 0.6 is 0 Å². The first-order chi connectivity index (χ1) is 16.5. The number of anilines is 2. The van der Waals surface area contributed by atoms with Crippen LogP contribution in [0.2, 0.25) is 0 Å². The van der Waals surface area contributed by atoms with Gasteiger partial charge in [0.05, 0.1) is 5.69 Å². The molecule has 1 unspecified atom stereocenters. The van der Waals surface area contributed by atoms with Crippen molar-refractivity contribution in [2.45, 2.75) is 48.8 Å². The summed E-state index contributed by atoms with van der Waals surface area (Å²) in [5, 5.41) is 0. The highest BCUT2D eigenvalue weighted by atomic mass is 32.2. The lowest BCUT2D eigenvalue weighted by atomic mass is 10.1. The maximum absolute atomic E-state index is 13.9.